The third-order valence-electron chi connectivity index (χ3n) is 11.0. The number of anilines is 1. The highest BCUT2D eigenvalue weighted by molar-refractivity contribution is 6.32. The summed E-state index contributed by atoms with van der Waals surface area (Å²) in [4.78, 5) is 59.7. The molecule has 1 heterocycles. The Morgan fingerprint density at radius 1 is 0.812 bits per heavy atom. The van der Waals surface area contributed by atoms with Gasteiger partial charge in [0.2, 0.25) is 11.8 Å². The molecule has 4 aromatic carbocycles. The SMILES string of the molecule is Cc1cc(C2C3=CCC4C(=O)N(c5ccc(Cl)cc5)C(=O)C4C3CC3C(=O)C(c4ccccc4)=CC(=O)C32c2ccccc2)ccc1O. The number of aryl methyl sites for hydroxylation is 1. The maximum absolute atomic E-state index is 15.1. The van der Waals surface area contributed by atoms with Crippen LogP contribution in [0.4, 0.5) is 5.69 Å². The summed E-state index contributed by atoms with van der Waals surface area (Å²) >= 11 is 6.13. The Morgan fingerprint density at radius 2 is 1.50 bits per heavy atom. The fourth-order valence-electron chi connectivity index (χ4n) is 8.95. The van der Waals surface area contributed by atoms with Crippen LogP contribution in [-0.4, -0.2) is 28.5 Å². The molecule has 7 heteroatoms. The van der Waals surface area contributed by atoms with Crippen molar-refractivity contribution < 1.29 is 24.3 Å². The zero-order valence-electron chi connectivity index (χ0n) is 26.2. The average Bonchev–Trinajstić information content (AvgIpc) is 3.36. The van der Waals surface area contributed by atoms with Crippen LogP contribution in [0.1, 0.15) is 41.0 Å². The van der Waals surface area contributed by atoms with Crippen molar-refractivity contribution in [3.05, 3.63) is 148 Å². The summed E-state index contributed by atoms with van der Waals surface area (Å²) in [6.07, 6.45) is 4.13. The summed E-state index contributed by atoms with van der Waals surface area (Å²) < 4.78 is 0. The van der Waals surface area contributed by atoms with Crippen LogP contribution in [-0.2, 0) is 24.6 Å². The molecule has 2 fully saturated rings. The Morgan fingerprint density at radius 3 is 2.19 bits per heavy atom. The quantitative estimate of drug-likeness (QED) is 0.183. The maximum atomic E-state index is 15.1. The number of rotatable bonds is 4. The number of phenols is 1. The molecule has 6 nitrogen and oxygen atoms in total. The first kappa shape index (κ1) is 30.3. The molecule has 0 spiro atoms. The van der Waals surface area contributed by atoms with E-state index in [1.807, 2.05) is 85.8 Å². The normalized spacial score (nSPS) is 28.0. The highest BCUT2D eigenvalue weighted by Gasteiger charge is 2.66. The molecule has 6 unspecified atom stereocenters. The largest absolute Gasteiger partial charge is 0.508 e. The van der Waals surface area contributed by atoms with Crippen LogP contribution in [0.2, 0.25) is 5.02 Å². The monoisotopic (exact) mass is 653 g/mol. The molecule has 4 aliphatic rings. The van der Waals surface area contributed by atoms with Gasteiger partial charge in [-0.3, -0.25) is 24.1 Å². The second kappa shape index (κ2) is 11.3. The molecule has 8 rings (SSSR count). The lowest BCUT2D eigenvalue weighted by Gasteiger charge is -2.55. The number of imide groups is 1. The molecule has 48 heavy (non-hydrogen) atoms. The van der Waals surface area contributed by atoms with Crippen LogP contribution < -0.4 is 4.90 Å². The number of carbonyl (C=O) groups is 4. The van der Waals surface area contributed by atoms with Crippen LogP contribution in [0.15, 0.2) is 121 Å². The number of Topliss-reactive ketones (excluding diaryl/α,β-unsaturated/α-hetero) is 1. The number of allylic oxidation sites excluding steroid dienone is 4. The first-order chi connectivity index (χ1) is 23.2. The van der Waals surface area contributed by atoms with Crippen LogP contribution in [0.25, 0.3) is 5.57 Å². The fourth-order valence-corrected chi connectivity index (χ4v) is 9.08. The van der Waals surface area contributed by atoms with E-state index in [4.69, 9.17) is 11.6 Å². The van der Waals surface area contributed by atoms with Gasteiger partial charge in [0, 0.05) is 22.4 Å². The molecule has 1 saturated carbocycles. The highest BCUT2D eigenvalue weighted by atomic mass is 35.5. The van der Waals surface area contributed by atoms with E-state index >= 15 is 4.79 Å². The Balaban J connectivity index is 1.36. The van der Waals surface area contributed by atoms with Gasteiger partial charge in [-0.25, -0.2) is 0 Å². The molecule has 0 radical (unpaired) electrons. The predicted octanol–water partition coefficient (Wildman–Crippen LogP) is 7.38. The van der Waals surface area contributed by atoms with Crippen molar-refractivity contribution in [2.24, 2.45) is 23.7 Å². The number of phenolic OH excluding ortho intramolecular Hbond substituents is 1. The predicted molar refractivity (Wildman–Crippen MR) is 183 cm³/mol. The molecule has 0 bridgehead atoms. The van der Waals surface area contributed by atoms with E-state index in [9.17, 15) is 19.5 Å². The molecule has 4 aromatic rings. The van der Waals surface area contributed by atoms with Crippen molar-refractivity contribution in [1.29, 1.82) is 0 Å². The number of nitrogens with zero attached hydrogens (tertiary/aromatic N) is 1. The maximum Gasteiger partial charge on any atom is 0.238 e. The van der Waals surface area contributed by atoms with Crippen LogP contribution in [0.3, 0.4) is 0 Å². The Hall–Kier alpha value is -5.07. The number of hydrogen-bond acceptors (Lipinski definition) is 5. The van der Waals surface area contributed by atoms with Crippen molar-refractivity contribution in [2.75, 3.05) is 4.90 Å². The van der Waals surface area contributed by atoms with Crippen molar-refractivity contribution >= 4 is 46.2 Å². The molecule has 1 aliphatic heterocycles. The third kappa shape index (κ3) is 4.32. The first-order valence-electron chi connectivity index (χ1n) is 16.3. The van der Waals surface area contributed by atoms with Gasteiger partial charge in [-0.1, -0.05) is 96.0 Å². The number of carbonyl (C=O) groups excluding carboxylic acids is 4. The third-order valence-corrected chi connectivity index (χ3v) is 11.3. The topological polar surface area (TPSA) is 91.8 Å². The Kier molecular flexibility index (Phi) is 7.11. The van der Waals surface area contributed by atoms with Crippen molar-refractivity contribution in [1.82, 2.24) is 0 Å². The second-order valence-corrected chi connectivity index (χ2v) is 13.8. The summed E-state index contributed by atoms with van der Waals surface area (Å²) in [7, 11) is 0. The summed E-state index contributed by atoms with van der Waals surface area (Å²) in [6.45, 7) is 1.81. The van der Waals surface area contributed by atoms with Gasteiger partial charge in [0.25, 0.3) is 0 Å². The molecule has 0 aromatic heterocycles. The number of fused-ring (bicyclic) bond motifs is 4. The fraction of sp³-hybridized carbons (Fsp3) is 0.220. The molecule has 1 N–H and O–H groups in total. The molecule has 1 saturated heterocycles. The molecule has 6 atom stereocenters. The minimum absolute atomic E-state index is 0.126. The lowest BCUT2D eigenvalue weighted by atomic mass is 9.44. The number of benzene rings is 4. The van der Waals surface area contributed by atoms with Gasteiger partial charge in [0.05, 0.1) is 22.9 Å². The smallest absolute Gasteiger partial charge is 0.238 e. The standard InChI is InChI=1S/C41H32ClNO5/c1-23-20-25(12-19-34(23)44)37-29-17-18-30-36(40(48)43(39(30)47)28-15-13-27(42)14-16-28)32(29)21-33-38(46)31(24-8-4-2-5-9-24)22-35(45)41(33,37)26-10-6-3-7-11-26/h2-17,19-20,22,30,32-33,36-37,44H,18,21H2,1H3. The molecule has 2 amide bonds. The minimum atomic E-state index is -1.31. The van der Waals surface area contributed by atoms with Crippen LogP contribution in [0.5, 0.6) is 5.75 Å². The van der Waals surface area contributed by atoms with Gasteiger partial charge in [-0.05, 0) is 84.3 Å². The molecular weight excluding hydrogens is 622 g/mol. The van der Waals surface area contributed by atoms with Gasteiger partial charge < -0.3 is 5.11 Å². The molecule has 3 aliphatic carbocycles. The number of hydrogen-bond donors (Lipinski definition) is 1. The Bertz CT molecular complexity index is 2070. The summed E-state index contributed by atoms with van der Waals surface area (Å²) in [5, 5.41) is 11.0. The lowest BCUT2D eigenvalue weighted by Crippen LogP contribution is -2.58. The number of amides is 2. The Labute approximate surface area is 283 Å². The van der Waals surface area contributed by atoms with E-state index in [-0.39, 0.29) is 35.6 Å². The van der Waals surface area contributed by atoms with Crippen molar-refractivity contribution in [3.63, 3.8) is 0 Å². The average molecular weight is 654 g/mol. The van der Waals surface area contributed by atoms with Crippen LogP contribution >= 0.6 is 11.6 Å². The molecular formula is C41H32ClNO5. The summed E-state index contributed by atoms with van der Waals surface area (Å²) in [5.41, 5.74) is 3.20. The second-order valence-electron chi connectivity index (χ2n) is 13.3. The van der Waals surface area contributed by atoms with E-state index in [0.29, 0.717) is 33.8 Å². The van der Waals surface area contributed by atoms with Gasteiger partial charge in [0.15, 0.2) is 11.6 Å². The van der Waals surface area contributed by atoms with Crippen LogP contribution in [0, 0.1) is 30.6 Å². The number of ketones is 2. The van der Waals surface area contributed by atoms with E-state index in [1.165, 1.54) is 11.0 Å². The zero-order chi connectivity index (χ0) is 33.3. The van der Waals surface area contributed by atoms with Crippen molar-refractivity contribution in [3.8, 4) is 5.75 Å². The zero-order valence-corrected chi connectivity index (χ0v) is 26.9. The van der Waals surface area contributed by atoms with Gasteiger partial charge in [-0.15, -0.1) is 0 Å². The van der Waals surface area contributed by atoms with Crippen molar-refractivity contribution in [2.45, 2.75) is 31.1 Å². The van der Waals surface area contributed by atoms with E-state index in [2.05, 4.69) is 0 Å². The lowest BCUT2D eigenvalue weighted by molar-refractivity contribution is -0.135. The van der Waals surface area contributed by atoms with Gasteiger partial charge in [-0.2, -0.15) is 0 Å². The summed E-state index contributed by atoms with van der Waals surface area (Å²) in [5.74, 6) is -3.97. The summed E-state index contributed by atoms with van der Waals surface area (Å²) in [6, 6.07) is 30.7. The molecule has 238 valence electrons. The minimum Gasteiger partial charge on any atom is -0.508 e. The first-order valence-corrected chi connectivity index (χ1v) is 16.6. The highest BCUT2D eigenvalue weighted by Crippen LogP contribution is 2.63. The van der Waals surface area contributed by atoms with E-state index < -0.39 is 35.0 Å². The van der Waals surface area contributed by atoms with E-state index in [1.54, 1.807) is 30.3 Å². The van der Waals surface area contributed by atoms with Gasteiger partial charge >= 0.3 is 0 Å². The van der Waals surface area contributed by atoms with E-state index in [0.717, 1.165) is 16.7 Å². The number of halogens is 1. The van der Waals surface area contributed by atoms with Gasteiger partial charge in [0.1, 0.15) is 5.75 Å². The number of aromatic hydroxyl groups is 1.